The van der Waals surface area contributed by atoms with Crippen LogP contribution < -0.4 is 11.1 Å². The van der Waals surface area contributed by atoms with Crippen LogP contribution in [0.3, 0.4) is 0 Å². The number of hydrogen-bond donors (Lipinski definition) is 2. The SMILES string of the molecule is CCCNC(CN)c1ccccc1Cl. The molecule has 0 fully saturated rings. The molecule has 1 aromatic rings. The summed E-state index contributed by atoms with van der Waals surface area (Å²) in [6.07, 6.45) is 1.10. The van der Waals surface area contributed by atoms with Gasteiger partial charge in [-0.05, 0) is 24.6 Å². The lowest BCUT2D eigenvalue weighted by atomic mass is 10.1. The van der Waals surface area contributed by atoms with Crippen molar-refractivity contribution in [3.8, 4) is 0 Å². The van der Waals surface area contributed by atoms with Crippen LogP contribution in [0.1, 0.15) is 24.9 Å². The van der Waals surface area contributed by atoms with E-state index in [2.05, 4.69) is 12.2 Å². The van der Waals surface area contributed by atoms with Gasteiger partial charge in [-0.15, -0.1) is 0 Å². The molecular formula is C11H17ClN2. The largest absolute Gasteiger partial charge is 0.329 e. The van der Waals surface area contributed by atoms with Crippen LogP contribution >= 0.6 is 11.6 Å². The van der Waals surface area contributed by atoms with Crippen molar-refractivity contribution in [3.63, 3.8) is 0 Å². The monoisotopic (exact) mass is 212 g/mol. The highest BCUT2D eigenvalue weighted by Gasteiger charge is 2.10. The van der Waals surface area contributed by atoms with Crippen LogP contribution in [-0.2, 0) is 0 Å². The Bertz CT molecular complexity index is 276. The summed E-state index contributed by atoms with van der Waals surface area (Å²) in [5.41, 5.74) is 6.78. The fourth-order valence-corrected chi connectivity index (χ4v) is 1.66. The highest BCUT2D eigenvalue weighted by atomic mass is 35.5. The van der Waals surface area contributed by atoms with E-state index in [-0.39, 0.29) is 6.04 Å². The lowest BCUT2D eigenvalue weighted by molar-refractivity contribution is 0.540. The van der Waals surface area contributed by atoms with Crippen molar-refractivity contribution in [1.29, 1.82) is 0 Å². The van der Waals surface area contributed by atoms with E-state index < -0.39 is 0 Å². The van der Waals surface area contributed by atoms with Crippen molar-refractivity contribution in [2.45, 2.75) is 19.4 Å². The quantitative estimate of drug-likeness (QED) is 0.787. The first-order valence-electron chi connectivity index (χ1n) is 4.97. The Kier molecular flexibility index (Phi) is 4.94. The van der Waals surface area contributed by atoms with Gasteiger partial charge in [0.2, 0.25) is 0 Å². The zero-order chi connectivity index (χ0) is 10.4. The van der Waals surface area contributed by atoms with Gasteiger partial charge in [-0.2, -0.15) is 0 Å². The molecule has 0 spiro atoms. The van der Waals surface area contributed by atoms with Crippen LogP contribution in [0.5, 0.6) is 0 Å². The van der Waals surface area contributed by atoms with Crippen LogP contribution in [0.2, 0.25) is 5.02 Å². The average molecular weight is 213 g/mol. The van der Waals surface area contributed by atoms with E-state index in [4.69, 9.17) is 17.3 Å². The summed E-state index contributed by atoms with van der Waals surface area (Å²) < 4.78 is 0. The van der Waals surface area contributed by atoms with Crippen molar-refractivity contribution < 1.29 is 0 Å². The number of rotatable bonds is 5. The number of halogens is 1. The zero-order valence-corrected chi connectivity index (χ0v) is 9.22. The van der Waals surface area contributed by atoms with Crippen molar-refractivity contribution in [2.24, 2.45) is 5.73 Å². The summed E-state index contributed by atoms with van der Waals surface area (Å²) in [5.74, 6) is 0. The Labute approximate surface area is 90.4 Å². The minimum Gasteiger partial charge on any atom is -0.329 e. The van der Waals surface area contributed by atoms with E-state index in [9.17, 15) is 0 Å². The molecule has 0 aliphatic heterocycles. The molecule has 3 N–H and O–H groups in total. The van der Waals surface area contributed by atoms with Gasteiger partial charge in [0.1, 0.15) is 0 Å². The maximum atomic E-state index is 6.08. The molecule has 78 valence electrons. The van der Waals surface area contributed by atoms with Crippen LogP contribution in [-0.4, -0.2) is 13.1 Å². The zero-order valence-electron chi connectivity index (χ0n) is 8.46. The molecule has 1 unspecified atom stereocenters. The van der Waals surface area contributed by atoms with Gasteiger partial charge in [-0.1, -0.05) is 36.7 Å². The molecule has 1 aromatic carbocycles. The van der Waals surface area contributed by atoms with E-state index in [0.717, 1.165) is 23.6 Å². The highest BCUT2D eigenvalue weighted by molar-refractivity contribution is 6.31. The molecule has 0 radical (unpaired) electrons. The minimum atomic E-state index is 0.170. The predicted octanol–water partition coefficient (Wildman–Crippen LogP) is 2.34. The average Bonchev–Trinajstić information content (AvgIpc) is 2.21. The summed E-state index contributed by atoms with van der Waals surface area (Å²) in [6.45, 7) is 3.67. The summed E-state index contributed by atoms with van der Waals surface area (Å²) in [7, 11) is 0. The molecular weight excluding hydrogens is 196 g/mol. The van der Waals surface area contributed by atoms with Gasteiger partial charge in [-0.25, -0.2) is 0 Å². The fraction of sp³-hybridized carbons (Fsp3) is 0.455. The molecule has 0 aromatic heterocycles. The molecule has 0 aliphatic carbocycles. The van der Waals surface area contributed by atoms with Gasteiger partial charge in [0.05, 0.1) is 0 Å². The Morgan fingerprint density at radius 2 is 2.14 bits per heavy atom. The van der Waals surface area contributed by atoms with Gasteiger partial charge in [-0.3, -0.25) is 0 Å². The van der Waals surface area contributed by atoms with Gasteiger partial charge >= 0.3 is 0 Å². The highest BCUT2D eigenvalue weighted by Crippen LogP contribution is 2.21. The first kappa shape index (κ1) is 11.5. The summed E-state index contributed by atoms with van der Waals surface area (Å²) in [5, 5.41) is 4.15. The summed E-state index contributed by atoms with van der Waals surface area (Å²) in [4.78, 5) is 0. The number of benzene rings is 1. The lowest BCUT2D eigenvalue weighted by Gasteiger charge is -2.17. The molecule has 0 bridgehead atoms. The van der Waals surface area contributed by atoms with Gasteiger partial charge in [0, 0.05) is 17.6 Å². The second-order valence-electron chi connectivity index (χ2n) is 3.26. The molecule has 0 heterocycles. The molecule has 1 rings (SSSR count). The van der Waals surface area contributed by atoms with Crippen molar-refractivity contribution in [2.75, 3.05) is 13.1 Å². The fourth-order valence-electron chi connectivity index (χ4n) is 1.40. The number of nitrogens with two attached hydrogens (primary N) is 1. The molecule has 14 heavy (non-hydrogen) atoms. The molecule has 0 saturated carbocycles. The third-order valence-electron chi connectivity index (χ3n) is 2.16. The molecule has 0 amide bonds. The van der Waals surface area contributed by atoms with Gasteiger partial charge in [0.15, 0.2) is 0 Å². The van der Waals surface area contributed by atoms with E-state index in [1.54, 1.807) is 0 Å². The molecule has 1 atom stereocenters. The maximum absolute atomic E-state index is 6.08. The number of nitrogens with one attached hydrogen (secondary N) is 1. The Morgan fingerprint density at radius 1 is 1.43 bits per heavy atom. The second-order valence-corrected chi connectivity index (χ2v) is 3.67. The normalized spacial score (nSPS) is 12.8. The molecule has 0 aliphatic rings. The smallest absolute Gasteiger partial charge is 0.0459 e. The van der Waals surface area contributed by atoms with Crippen LogP contribution in [0.4, 0.5) is 0 Å². The first-order chi connectivity index (χ1) is 6.79. The van der Waals surface area contributed by atoms with Crippen molar-refractivity contribution in [1.82, 2.24) is 5.32 Å². The van der Waals surface area contributed by atoms with Crippen LogP contribution in [0, 0.1) is 0 Å². The summed E-state index contributed by atoms with van der Waals surface area (Å²) in [6, 6.07) is 8.00. The first-order valence-corrected chi connectivity index (χ1v) is 5.35. The van der Waals surface area contributed by atoms with Crippen LogP contribution in [0.15, 0.2) is 24.3 Å². The molecule has 0 saturated heterocycles. The maximum Gasteiger partial charge on any atom is 0.0459 e. The standard InChI is InChI=1S/C11H17ClN2/c1-2-7-14-11(8-13)9-5-3-4-6-10(9)12/h3-6,11,14H,2,7-8,13H2,1H3. The van der Waals surface area contributed by atoms with Crippen LogP contribution in [0.25, 0.3) is 0 Å². The van der Waals surface area contributed by atoms with E-state index in [1.807, 2.05) is 24.3 Å². The van der Waals surface area contributed by atoms with Gasteiger partial charge in [0.25, 0.3) is 0 Å². The van der Waals surface area contributed by atoms with E-state index in [1.165, 1.54) is 0 Å². The second kappa shape index (κ2) is 6.02. The summed E-state index contributed by atoms with van der Waals surface area (Å²) >= 11 is 6.08. The molecule has 2 nitrogen and oxygen atoms in total. The third kappa shape index (κ3) is 2.98. The Hall–Kier alpha value is -0.570. The van der Waals surface area contributed by atoms with Crippen molar-refractivity contribution in [3.05, 3.63) is 34.9 Å². The third-order valence-corrected chi connectivity index (χ3v) is 2.50. The lowest BCUT2D eigenvalue weighted by Crippen LogP contribution is -2.28. The van der Waals surface area contributed by atoms with Gasteiger partial charge < -0.3 is 11.1 Å². The predicted molar refractivity (Wildman–Crippen MR) is 61.5 cm³/mol. The molecule has 3 heteroatoms. The van der Waals surface area contributed by atoms with E-state index >= 15 is 0 Å². The Balaban J connectivity index is 2.73. The van der Waals surface area contributed by atoms with Crippen molar-refractivity contribution >= 4 is 11.6 Å². The number of hydrogen-bond acceptors (Lipinski definition) is 2. The Morgan fingerprint density at radius 3 is 2.71 bits per heavy atom. The van der Waals surface area contributed by atoms with E-state index in [0.29, 0.717) is 6.54 Å². The minimum absolute atomic E-state index is 0.170. The topological polar surface area (TPSA) is 38.0 Å².